The van der Waals surface area contributed by atoms with E-state index >= 15 is 0 Å². The van der Waals surface area contributed by atoms with E-state index in [-0.39, 0.29) is 0 Å². The maximum Gasteiger partial charge on any atom is 0.101 e. The van der Waals surface area contributed by atoms with E-state index in [9.17, 15) is 0 Å². The molecule has 0 aromatic carbocycles. The Morgan fingerprint density at radius 2 is 1.00 bits per heavy atom. The minimum Gasteiger partial charge on any atom is -0.356 e. The molecule has 1 atom stereocenters. The molecule has 1 aliphatic rings. The van der Waals surface area contributed by atoms with Crippen molar-refractivity contribution in [3.05, 3.63) is 12.4 Å². The largest absolute Gasteiger partial charge is 0.356 e. The van der Waals surface area contributed by atoms with E-state index in [0.29, 0.717) is 12.2 Å². The summed E-state index contributed by atoms with van der Waals surface area (Å²) < 4.78 is 0. The SMILES string of the molecule is CCCCCCCCCCCCCCCCCC1N(CCCCC)C=CN1C(C)C. The van der Waals surface area contributed by atoms with Crippen molar-refractivity contribution in [2.45, 2.75) is 162 Å². The van der Waals surface area contributed by atoms with Crippen molar-refractivity contribution in [1.82, 2.24) is 9.80 Å². The van der Waals surface area contributed by atoms with Gasteiger partial charge in [-0.15, -0.1) is 0 Å². The lowest BCUT2D eigenvalue weighted by molar-refractivity contribution is 0.114. The monoisotopic (exact) mass is 420 g/mol. The molecule has 178 valence electrons. The van der Waals surface area contributed by atoms with Crippen molar-refractivity contribution in [2.75, 3.05) is 6.54 Å². The van der Waals surface area contributed by atoms with Gasteiger partial charge in [0.2, 0.25) is 0 Å². The molecule has 1 heterocycles. The first-order valence-corrected chi connectivity index (χ1v) is 13.9. The van der Waals surface area contributed by atoms with Crippen molar-refractivity contribution in [2.24, 2.45) is 0 Å². The molecular weight excluding hydrogens is 364 g/mol. The second kappa shape index (κ2) is 19.1. The van der Waals surface area contributed by atoms with Crippen molar-refractivity contribution in [3.8, 4) is 0 Å². The van der Waals surface area contributed by atoms with E-state index in [4.69, 9.17) is 0 Å². The van der Waals surface area contributed by atoms with Crippen LogP contribution in [0.15, 0.2) is 12.4 Å². The Kier molecular flexibility index (Phi) is 17.4. The lowest BCUT2D eigenvalue weighted by Crippen LogP contribution is -2.42. The molecular formula is C28H56N2. The summed E-state index contributed by atoms with van der Waals surface area (Å²) in [6, 6.07) is 0.610. The Balaban J connectivity index is 1.97. The van der Waals surface area contributed by atoms with Crippen molar-refractivity contribution >= 4 is 0 Å². The minimum atomic E-state index is 0.610. The Bertz CT molecular complexity index is 390. The summed E-state index contributed by atoms with van der Waals surface area (Å²) in [7, 11) is 0. The molecule has 1 unspecified atom stereocenters. The van der Waals surface area contributed by atoms with Crippen LogP contribution in [0.3, 0.4) is 0 Å². The Morgan fingerprint density at radius 3 is 1.47 bits per heavy atom. The van der Waals surface area contributed by atoms with Gasteiger partial charge in [-0.05, 0) is 33.1 Å². The second-order valence-corrected chi connectivity index (χ2v) is 10.0. The summed E-state index contributed by atoms with van der Waals surface area (Å²) in [5.41, 5.74) is 0. The molecule has 0 bridgehead atoms. The molecule has 0 aliphatic carbocycles. The normalized spacial score (nSPS) is 16.4. The Labute approximate surface area is 190 Å². The van der Waals surface area contributed by atoms with Crippen LogP contribution in [-0.2, 0) is 0 Å². The van der Waals surface area contributed by atoms with Crippen molar-refractivity contribution < 1.29 is 0 Å². The van der Waals surface area contributed by atoms with E-state index in [1.807, 2.05) is 0 Å². The van der Waals surface area contributed by atoms with Gasteiger partial charge in [0.05, 0.1) is 0 Å². The third-order valence-electron chi connectivity index (χ3n) is 6.84. The standard InChI is InChI=1S/C28H56N2/c1-5-7-9-10-11-12-13-14-15-16-17-18-19-20-21-23-28-29(24-22-8-6-2)25-26-30(28)27(3)4/h25-28H,5-24H2,1-4H3. The third-order valence-corrected chi connectivity index (χ3v) is 6.84. The summed E-state index contributed by atoms with van der Waals surface area (Å²) in [5.74, 6) is 0. The number of rotatable bonds is 21. The molecule has 0 N–H and O–H groups in total. The number of hydrogen-bond acceptors (Lipinski definition) is 2. The van der Waals surface area contributed by atoms with Gasteiger partial charge in [0, 0.05) is 25.0 Å². The molecule has 0 saturated carbocycles. The van der Waals surface area contributed by atoms with Crippen LogP contribution in [0.5, 0.6) is 0 Å². The highest BCUT2D eigenvalue weighted by molar-refractivity contribution is 4.98. The maximum atomic E-state index is 2.61. The average molecular weight is 421 g/mol. The number of hydrogen-bond donors (Lipinski definition) is 0. The van der Waals surface area contributed by atoms with Gasteiger partial charge in [0.1, 0.15) is 6.17 Å². The van der Waals surface area contributed by atoms with Gasteiger partial charge in [0.25, 0.3) is 0 Å². The lowest BCUT2D eigenvalue weighted by atomic mass is 10.0. The quantitative estimate of drug-likeness (QED) is 0.171. The first kappa shape index (κ1) is 27.4. The summed E-state index contributed by atoms with van der Waals surface area (Å²) in [6.07, 6.45) is 32.4. The Hall–Kier alpha value is -0.660. The Morgan fingerprint density at radius 1 is 0.567 bits per heavy atom. The number of nitrogens with zero attached hydrogens (tertiary/aromatic N) is 2. The van der Waals surface area contributed by atoms with E-state index in [1.165, 1.54) is 129 Å². The van der Waals surface area contributed by atoms with Crippen molar-refractivity contribution in [1.29, 1.82) is 0 Å². The fourth-order valence-corrected chi connectivity index (χ4v) is 4.83. The highest BCUT2D eigenvalue weighted by Crippen LogP contribution is 2.24. The molecule has 30 heavy (non-hydrogen) atoms. The highest BCUT2D eigenvalue weighted by Gasteiger charge is 2.26. The van der Waals surface area contributed by atoms with Gasteiger partial charge in [-0.2, -0.15) is 0 Å². The van der Waals surface area contributed by atoms with E-state index < -0.39 is 0 Å². The van der Waals surface area contributed by atoms with Crippen LogP contribution in [0.2, 0.25) is 0 Å². The van der Waals surface area contributed by atoms with Crippen LogP contribution < -0.4 is 0 Å². The molecule has 1 rings (SSSR count). The molecule has 0 radical (unpaired) electrons. The average Bonchev–Trinajstić information content (AvgIpc) is 3.14. The summed E-state index contributed by atoms with van der Waals surface area (Å²) in [5, 5.41) is 0. The van der Waals surface area contributed by atoms with Crippen LogP contribution in [0.1, 0.15) is 150 Å². The molecule has 1 aliphatic heterocycles. The molecule has 0 spiro atoms. The fourth-order valence-electron chi connectivity index (χ4n) is 4.83. The van der Waals surface area contributed by atoms with Crippen LogP contribution >= 0.6 is 0 Å². The summed E-state index contributed by atoms with van der Waals surface area (Å²) in [4.78, 5) is 5.19. The van der Waals surface area contributed by atoms with Gasteiger partial charge in [0.15, 0.2) is 0 Å². The maximum absolute atomic E-state index is 2.61. The van der Waals surface area contributed by atoms with Crippen LogP contribution in [-0.4, -0.2) is 28.6 Å². The zero-order valence-electron chi connectivity index (χ0n) is 21.3. The van der Waals surface area contributed by atoms with Gasteiger partial charge in [-0.25, -0.2) is 0 Å². The van der Waals surface area contributed by atoms with Crippen molar-refractivity contribution in [3.63, 3.8) is 0 Å². The van der Waals surface area contributed by atoms with Gasteiger partial charge >= 0.3 is 0 Å². The second-order valence-electron chi connectivity index (χ2n) is 10.0. The molecule has 0 amide bonds. The van der Waals surface area contributed by atoms with E-state index in [2.05, 4.69) is 49.9 Å². The summed E-state index contributed by atoms with van der Waals surface area (Å²) >= 11 is 0. The van der Waals surface area contributed by atoms with E-state index in [1.54, 1.807) is 0 Å². The minimum absolute atomic E-state index is 0.610. The molecule has 2 nitrogen and oxygen atoms in total. The highest BCUT2D eigenvalue weighted by atomic mass is 15.4. The van der Waals surface area contributed by atoms with Gasteiger partial charge in [-0.3, -0.25) is 0 Å². The van der Waals surface area contributed by atoms with Crippen LogP contribution in [0.4, 0.5) is 0 Å². The van der Waals surface area contributed by atoms with Crippen LogP contribution in [0, 0.1) is 0 Å². The fraction of sp³-hybridized carbons (Fsp3) is 0.929. The van der Waals surface area contributed by atoms with Gasteiger partial charge in [-0.1, -0.05) is 117 Å². The molecule has 0 saturated heterocycles. The summed E-state index contributed by atoms with van der Waals surface area (Å²) in [6.45, 7) is 10.5. The molecule has 0 aromatic rings. The predicted molar refractivity (Wildman–Crippen MR) is 136 cm³/mol. The van der Waals surface area contributed by atoms with Crippen LogP contribution in [0.25, 0.3) is 0 Å². The molecule has 0 fully saturated rings. The zero-order valence-corrected chi connectivity index (χ0v) is 21.3. The topological polar surface area (TPSA) is 6.48 Å². The molecule has 2 heteroatoms. The smallest absolute Gasteiger partial charge is 0.101 e. The van der Waals surface area contributed by atoms with E-state index in [0.717, 1.165) is 0 Å². The third kappa shape index (κ3) is 12.9. The molecule has 0 aromatic heterocycles. The lowest BCUT2D eigenvalue weighted by Gasteiger charge is -2.35. The first-order chi connectivity index (χ1) is 14.7. The first-order valence-electron chi connectivity index (χ1n) is 13.9. The van der Waals surface area contributed by atoms with Gasteiger partial charge < -0.3 is 9.80 Å². The number of unbranched alkanes of at least 4 members (excludes halogenated alkanes) is 16. The zero-order chi connectivity index (χ0) is 21.9. The predicted octanol–water partition coefficient (Wildman–Crippen LogP) is 9.26.